The number of nitrogens with zero attached hydrogens (tertiary/aromatic N) is 3. The second kappa shape index (κ2) is 9.03. The normalized spacial score (nSPS) is 20.3. The molecular formula is C22H28N4O5. The van der Waals surface area contributed by atoms with Gasteiger partial charge in [-0.1, -0.05) is 31.8 Å². The van der Waals surface area contributed by atoms with Gasteiger partial charge in [0, 0.05) is 37.4 Å². The minimum atomic E-state index is -0.543. The summed E-state index contributed by atoms with van der Waals surface area (Å²) in [6.07, 6.45) is 7.27. The summed E-state index contributed by atoms with van der Waals surface area (Å²) in [5, 5.41) is 4.47. The predicted molar refractivity (Wildman–Crippen MR) is 115 cm³/mol. The van der Waals surface area contributed by atoms with E-state index in [1.165, 1.54) is 6.07 Å². The van der Waals surface area contributed by atoms with Crippen molar-refractivity contribution in [3.63, 3.8) is 0 Å². The lowest BCUT2D eigenvalue weighted by Crippen LogP contribution is -2.46. The monoisotopic (exact) mass is 428 g/mol. The van der Waals surface area contributed by atoms with Crippen LogP contribution >= 0.6 is 0 Å². The Morgan fingerprint density at radius 2 is 2.00 bits per heavy atom. The van der Waals surface area contributed by atoms with E-state index in [4.69, 9.17) is 9.25 Å². The fourth-order valence-corrected chi connectivity index (χ4v) is 4.70. The first-order chi connectivity index (χ1) is 15.0. The van der Waals surface area contributed by atoms with Gasteiger partial charge in [0.2, 0.25) is 11.6 Å². The van der Waals surface area contributed by atoms with Gasteiger partial charge >= 0.3 is 11.6 Å². The lowest BCUT2D eigenvalue weighted by Gasteiger charge is -2.35. The van der Waals surface area contributed by atoms with E-state index in [1.54, 1.807) is 0 Å². The molecule has 0 aromatic carbocycles. The van der Waals surface area contributed by atoms with Crippen LogP contribution in [0.5, 0.6) is 6.01 Å². The summed E-state index contributed by atoms with van der Waals surface area (Å²) in [5.41, 5.74) is 0.472. The fourth-order valence-electron chi connectivity index (χ4n) is 4.70. The summed E-state index contributed by atoms with van der Waals surface area (Å²) < 4.78 is 5.16. The van der Waals surface area contributed by atoms with E-state index < -0.39 is 11.2 Å². The van der Waals surface area contributed by atoms with Crippen LogP contribution in [0.1, 0.15) is 70.8 Å². The molecule has 2 aliphatic rings. The third kappa shape index (κ3) is 4.40. The van der Waals surface area contributed by atoms with Crippen LogP contribution in [0.4, 0.5) is 0 Å². The Bertz CT molecular complexity index is 1100. The molecule has 9 heteroatoms. The standard InChI is InChI=1S/C22H28N4O5/c1-3-5-6-7-13-10-18(28)30-21-19(13)20(29)23-22(24-21)31-25-14-11-15-8-9-16(12-14)26(15)17(27)4-2/h10,15-16H,3-9,11-12H2,1-2H3,(H,23,24,29). The molecular weight excluding hydrogens is 400 g/mol. The van der Waals surface area contributed by atoms with Crippen molar-refractivity contribution in [1.82, 2.24) is 14.9 Å². The average Bonchev–Trinajstić information content (AvgIpc) is 3.01. The van der Waals surface area contributed by atoms with Gasteiger partial charge in [-0.25, -0.2) is 4.79 Å². The number of aromatic amines is 1. The Morgan fingerprint density at radius 1 is 1.26 bits per heavy atom. The highest BCUT2D eigenvalue weighted by molar-refractivity contribution is 5.89. The van der Waals surface area contributed by atoms with Crippen LogP contribution in [-0.2, 0) is 11.2 Å². The second-order valence-corrected chi connectivity index (χ2v) is 8.30. The Labute approximate surface area is 179 Å². The van der Waals surface area contributed by atoms with Crippen LogP contribution in [-0.4, -0.2) is 38.6 Å². The molecule has 2 aliphatic heterocycles. The van der Waals surface area contributed by atoms with E-state index in [9.17, 15) is 14.4 Å². The molecule has 0 spiro atoms. The first-order valence-corrected chi connectivity index (χ1v) is 11.1. The molecule has 2 atom stereocenters. The van der Waals surface area contributed by atoms with Crippen LogP contribution in [0.3, 0.4) is 0 Å². The molecule has 0 saturated carbocycles. The molecule has 1 N–H and O–H groups in total. The number of rotatable bonds is 7. The first-order valence-electron chi connectivity index (χ1n) is 11.1. The van der Waals surface area contributed by atoms with Gasteiger partial charge in [-0.2, -0.15) is 4.98 Å². The molecule has 166 valence electrons. The number of piperidine rings is 1. The molecule has 2 aromatic rings. The summed E-state index contributed by atoms with van der Waals surface area (Å²) in [4.78, 5) is 50.9. The minimum Gasteiger partial charge on any atom is -0.403 e. The number of fused-ring (bicyclic) bond motifs is 3. The van der Waals surface area contributed by atoms with E-state index >= 15 is 0 Å². The van der Waals surface area contributed by atoms with E-state index in [2.05, 4.69) is 22.0 Å². The minimum absolute atomic E-state index is 0.0404. The summed E-state index contributed by atoms with van der Waals surface area (Å²) in [7, 11) is 0. The van der Waals surface area contributed by atoms with Crippen LogP contribution in [0.2, 0.25) is 0 Å². The van der Waals surface area contributed by atoms with Crippen LogP contribution in [0.25, 0.3) is 11.1 Å². The highest BCUT2D eigenvalue weighted by Gasteiger charge is 2.41. The number of H-pyrrole nitrogens is 1. The molecule has 4 rings (SSSR count). The van der Waals surface area contributed by atoms with Crippen molar-refractivity contribution in [2.75, 3.05) is 0 Å². The van der Waals surface area contributed by atoms with Crippen molar-refractivity contribution in [1.29, 1.82) is 0 Å². The van der Waals surface area contributed by atoms with Crippen molar-refractivity contribution in [2.24, 2.45) is 5.16 Å². The van der Waals surface area contributed by atoms with Crippen molar-refractivity contribution >= 4 is 22.7 Å². The predicted octanol–water partition coefficient (Wildman–Crippen LogP) is 2.91. The topological polar surface area (TPSA) is 118 Å². The molecule has 2 fully saturated rings. The maximum atomic E-state index is 12.7. The van der Waals surface area contributed by atoms with Crippen molar-refractivity contribution < 1.29 is 14.0 Å². The third-order valence-electron chi connectivity index (χ3n) is 6.14. The number of carbonyl (C=O) groups is 1. The van der Waals surface area contributed by atoms with Crippen LogP contribution < -0.4 is 16.0 Å². The Balaban J connectivity index is 1.54. The largest absolute Gasteiger partial charge is 0.403 e. The smallest absolute Gasteiger partial charge is 0.337 e. The number of hydrogen-bond acceptors (Lipinski definition) is 7. The van der Waals surface area contributed by atoms with Gasteiger partial charge in [-0.3, -0.25) is 14.6 Å². The quantitative estimate of drug-likeness (QED) is 0.535. The molecule has 4 heterocycles. The van der Waals surface area contributed by atoms with E-state index in [-0.39, 0.29) is 35.1 Å². The molecule has 2 bridgehead atoms. The van der Waals surface area contributed by atoms with Gasteiger partial charge in [0.1, 0.15) is 5.39 Å². The summed E-state index contributed by atoms with van der Waals surface area (Å²) in [6, 6.07) is 1.55. The van der Waals surface area contributed by atoms with Crippen molar-refractivity contribution in [2.45, 2.75) is 83.7 Å². The maximum absolute atomic E-state index is 12.7. The summed E-state index contributed by atoms with van der Waals surface area (Å²) in [5.74, 6) is 0.178. The number of aromatic nitrogens is 2. The Kier molecular flexibility index (Phi) is 6.20. The highest BCUT2D eigenvalue weighted by atomic mass is 16.6. The van der Waals surface area contributed by atoms with E-state index in [0.717, 1.165) is 37.8 Å². The number of amides is 1. The Hall–Kier alpha value is -2.97. The van der Waals surface area contributed by atoms with Gasteiger partial charge in [-0.05, 0) is 31.2 Å². The molecule has 2 saturated heterocycles. The maximum Gasteiger partial charge on any atom is 0.337 e. The zero-order valence-electron chi connectivity index (χ0n) is 18.0. The number of aryl methyl sites for hydroxylation is 1. The van der Waals surface area contributed by atoms with Crippen molar-refractivity contribution in [3.8, 4) is 6.01 Å². The number of unbranched alkanes of at least 4 members (excludes halogenated alkanes) is 2. The third-order valence-corrected chi connectivity index (χ3v) is 6.14. The van der Waals surface area contributed by atoms with Gasteiger partial charge in [0.05, 0.1) is 5.71 Å². The van der Waals surface area contributed by atoms with E-state index in [1.807, 2.05) is 11.8 Å². The lowest BCUT2D eigenvalue weighted by atomic mass is 10.0. The molecule has 1 amide bonds. The Morgan fingerprint density at radius 3 is 2.68 bits per heavy atom. The average molecular weight is 428 g/mol. The van der Waals surface area contributed by atoms with Gasteiger partial charge in [0.25, 0.3) is 5.56 Å². The highest BCUT2D eigenvalue weighted by Crippen LogP contribution is 2.35. The van der Waals surface area contributed by atoms with Crippen molar-refractivity contribution in [3.05, 3.63) is 32.4 Å². The second-order valence-electron chi connectivity index (χ2n) is 8.30. The van der Waals surface area contributed by atoms with Crippen LogP contribution in [0, 0.1) is 0 Å². The zero-order valence-corrected chi connectivity index (χ0v) is 18.0. The van der Waals surface area contributed by atoms with Gasteiger partial charge < -0.3 is 14.2 Å². The van der Waals surface area contributed by atoms with E-state index in [0.29, 0.717) is 31.2 Å². The molecule has 2 aromatic heterocycles. The zero-order chi connectivity index (χ0) is 22.0. The lowest BCUT2D eigenvalue weighted by molar-refractivity contribution is -0.133. The molecule has 9 nitrogen and oxygen atoms in total. The number of hydrogen-bond donors (Lipinski definition) is 1. The van der Waals surface area contributed by atoms with Gasteiger partial charge in [0.15, 0.2) is 0 Å². The van der Waals surface area contributed by atoms with Crippen LogP contribution in [0.15, 0.2) is 25.2 Å². The molecule has 2 unspecified atom stereocenters. The summed E-state index contributed by atoms with van der Waals surface area (Å²) in [6.45, 7) is 3.97. The number of nitrogens with one attached hydrogen (secondary N) is 1. The fraction of sp³-hybridized carbons (Fsp3) is 0.591. The van der Waals surface area contributed by atoms with Gasteiger partial charge in [-0.15, -0.1) is 0 Å². The molecule has 0 radical (unpaired) electrons. The number of oxime groups is 1. The molecule has 31 heavy (non-hydrogen) atoms. The first kappa shape index (κ1) is 21.3. The number of carbonyl (C=O) groups excluding carboxylic acids is 1. The molecule has 0 aliphatic carbocycles. The summed E-state index contributed by atoms with van der Waals surface area (Å²) >= 11 is 0. The SMILES string of the molecule is CCCCCc1cc(=O)oc2nc(ON=C3CC4CCC(C3)N4C(=O)CC)[nH]c(=O)c12.